The Bertz CT molecular complexity index is 976. The van der Waals surface area contributed by atoms with Gasteiger partial charge in [-0.2, -0.15) is 0 Å². The normalized spacial score (nSPS) is 15.5. The van der Waals surface area contributed by atoms with E-state index >= 15 is 0 Å². The van der Waals surface area contributed by atoms with Crippen molar-refractivity contribution in [2.24, 2.45) is 0 Å². The van der Waals surface area contributed by atoms with Crippen LogP contribution in [0.1, 0.15) is 5.56 Å². The molecule has 0 radical (unpaired) electrons. The molecule has 0 unspecified atom stereocenters. The number of hydrogen-bond donors (Lipinski definition) is 1. The Morgan fingerprint density at radius 3 is 2.63 bits per heavy atom. The monoisotopic (exact) mass is 423 g/mol. The second-order valence-corrected chi connectivity index (χ2v) is 7.18. The Morgan fingerprint density at radius 2 is 1.93 bits per heavy atom. The topological polar surface area (TPSA) is 83.9 Å². The maximum absolute atomic E-state index is 12.6. The third-order valence-corrected chi connectivity index (χ3v) is 5.08. The average Bonchev–Trinajstić information content (AvgIpc) is 2.89. The maximum atomic E-state index is 12.6. The summed E-state index contributed by atoms with van der Waals surface area (Å²) in [6, 6.07) is 11.0. The highest BCUT2D eigenvalue weighted by atomic mass is 35.5. The number of carbonyl (C=O) groups is 3. The number of aliphatic carboxylic acids is 1. The number of carboxylic acids is 1. The summed E-state index contributed by atoms with van der Waals surface area (Å²) in [5, 5.41) is 8.77. The van der Waals surface area contributed by atoms with E-state index in [0.717, 1.165) is 16.7 Å². The van der Waals surface area contributed by atoms with E-state index in [1.54, 1.807) is 24.3 Å². The van der Waals surface area contributed by atoms with Crippen molar-refractivity contribution < 1.29 is 24.2 Å². The average molecular weight is 424 g/mol. The summed E-state index contributed by atoms with van der Waals surface area (Å²) in [4.78, 5) is 36.8. The summed E-state index contributed by atoms with van der Waals surface area (Å²) in [7, 11) is 0. The number of carboxylic acid groups (broad SMARTS) is 1. The first kappa shape index (κ1) is 19.3. The summed E-state index contributed by atoms with van der Waals surface area (Å²) in [6.07, 6.45) is 1.54. The summed E-state index contributed by atoms with van der Waals surface area (Å²) in [6.45, 7) is -0.475. The molecule has 0 aromatic heterocycles. The van der Waals surface area contributed by atoms with E-state index in [1.807, 2.05) is 0 Å². The van der Waals surface area contributed by atoms with Gasteiger partial charge in [-0.05, 0) is 53.7 Å². The Labute approximate surface area is 168 Å². The number of carbonyl (C=O) groups excluding carboxylic acids is 2. The minimum Gasteiger partial charge on any atom is -0.482 e. The molecule has 6 nitrogen and oxygen atoms in total. The summed E-state index contributed by atoms with van der Waals surface area (Å²) in [5.74, 6) is -1.24. The number of nitrogens with zero attached hydrogens (tertiary/aromatic N) is 1. The van der Waals surface area contributed by atoms with E-state index in [2.05, 4.69) is 0 Å². The highest BCUT2D eigenvalue weighted by Gasteiger charge is 2.36. The van der Waals surface area contributed by atoms with Crippen LogP contribution in [0.25, 0.3) is 6.08 Å². The first-order valence-corrected chi connectivity index (χ1v) is 9.10. The fraction of sp³-hybridized carbons (Fsp3) is 0.0556. The molecule has 2 amide bonds. The molecule has 2 aromatic rings. The van der Waals surface area contributed by atoms with Crippen LogP contribution in [0.5, 0.6) is 5.75 Å². The van der Waals surface area contributed by atoms with Gasteiger partial charge in [-0.25, -0.2) is 9.69 Å². The van der Waals surface area contributed by atoms with E-state index in [-0.39, 0.29) is 9.93 Å². The van der Waals surface area contributed by atoms with Crippen molar-refractivity contribution in [2.45, 2.75) is 0 Å². The third-order valence-electron chi connectivity index (χ3n) is 3.47. The predicted octanol–water partition coefficient (Wildman–Crippen LogP) is 4.70. The van der Waals surface area contributed by atoms with Crippen molar-refractivity contribution in [3.05, 3.63) is 63.0 Å². The van der Waals surface area contributed by atoms with Crippen LogP contribution in [0.2, 0.25) is 10.0 Å². The number of amides is 2. The molecule has 2 aromatic carbocycles. The molecule has 0 bridgehead atoms. The Kier molecular flexibility index (Phi) is 5.74. The lowest BCUT2D eigenvalue weighted by atomic mass is 10.2. The van der Waals surface area contributed by atoms with Crippen molar-refractivity contribution >= 4 is 63.8 Å². The number of rotatable bonds is 5. The smallest absolute Gasteiger partial charge is 0.341 e. The van der Waals surface area contributed by atoms with E-state index in [1.165, 1.54) is 24.3 Å². The van der Waals surface area contributed by atoms with Gasteiger partial charge in [-0.3, -0.25) is 9.59 Å². The lowest BCUT2D eigenvalue weighted by Gasteiger charge is -2.13. The molecule has 1 aliphatic heterocycles. The molecule has 1 aliphatic rings. The molecule has 3 rings (SSSR count). The molecule has 0 saturated carbocycles. The van der Waals surface area contributed by atoms with Gasteiger partial charge in [0, 0.05) is 0 Å². The lowest BCUT2D eigenvalue weighted by Crippen LogP contribution is -2.27. The molecule has 0 spiro atoms. The molecular weight excluding hydrogens is 413 g/mol. The van der Waals surface area contributed by atoms with E-state index in [0.29, 0.717) is 22.0 Å². The number of benzene rings is 2. The Balaban J connectivity index is 1.85. The minimum atomic E-state index is -1.09. The Morgan fingerprint density at radius 1 is 1.15 bits per heavy atom. The quantitative estimate of drug-likeness (QED) is 0.701. The van der Waals surface area contributed by atoms with Crippen LogP contribution >= 0.6 is 35.0 Å². The van der Waals surface area contributed by atoms with Crippen LogP contribution in [-0.2, 0) is 9.59 Å². The number of imide groups is 1. The van der Waals surface area contributed by atoms with Crippen molar-refractivity contribution in [1.29, 1.82) is 0 Å². The van der Waals surface area contributed by atoms with Crippen molar-refractivity contribution in [3.63, 3.8) is 0 Å². The second-order valence-electron chi connectivity index (χ2n) is 5.37. The standard InChI is InChI=1S/C18H11Cl2NO5S/c19-13-5-4-11(8-14(13)20)21-17(24)15(27-18(21)25)7-10-2-1-3-12(6-10)26-9-16(22)23/h1-8H,9H2,(H,22,23)/b15-7+. The summed E-state index contributed by atoms with van der Waals surface area (Å²) in [5.41, 5.74) is 0.923. The van der Waals surface area contributed by atoms with Crippen LogP contribution in [0.4, 0.5) is 10.5 Å². The van der Waals surface area contributed by atoms with Gasteiger partial charge in [0.25, 0.3) is 11.1 Å². The predicted molar refractivity (Wildman–Crippen MR) is 104 cm³/mol. The molecule has 9 heteroatoms. The molecule has 1 fully saturated rings. The second kappa shape index (κ2) is 8.04. The minimum absolute atomic E-state index is 0.224. The summed E-state index contributed by atoms with van der Waals surface area (Å²) >= 11 is 12.6. The molecule has 1 N–H and O–H groups in total. The highest BCUT2D eigenvalue weighted by Crippen LogP contribution is 2.37. The zero-order valence-electron chi connectivity index (χ0n) is 13.5. The largest absolute Gasteiger partial charge is 0.482 e. The number of ether oxygens (including phenoxy) is 1. The number of hydrogen-bond acceptors (Lipinski definition) is 5. The van der Waals surface area contributed by atoms with Gasteiger partial charge < -0.3 is 9.84 Å². The highest BCUT2D eigenvalue weighted by molar-refractivity contribution is 8.19. The molecule has 0 aliphatic carbocycles. The van der Waals surface area contributed by atoms with E-state index < -0.39 is 23.7 Å². The molecule has 1 saturated heterocycles. The molecular formula is C18H11Cl2NO5S. The van der Waals surface area contributed by atoms with Gasteiger partial charge in [-0.15, -0.1) is 0 Å². The third kappa shape index (κ3) is 4.44. The fourth-order valence-corrected chi connectivity index (χ4v) is 3.44. The van der Waals surface area contributed by atoms with Crippen molar-refractivity contribution in [3.8, 4) is 5.75 Å². The van der Waals surface area contributed by atoms with Crippen LogP contribution in [0.15, 0.2) is 47.4 Å². The van der Waals surface area contributed by atoms with Crippen LogP contribution in [-0.4, -0.2) is 28.8 Å². The molecule has 1 heterocycles. The van der Waals surface area contributed by atoms with E-state index in [4.69, 9.17) is 33.0 Å². The fourth-order valence-electron chi connectivity index (χ4n) is 2.31. The van der Waals surface area contributed by atoms with Gasteiger partial charge in [0.1, 0.15) is 5.75 Å². The van der Waals surface area contributed by atoms with Gasteiger partial charge in [0.2, 0.25) is 0 Å². The maximum Gasteiger partial charge on any atom is 0.341 e. The first-order chi connectivity index (χ1) is 12.8. The summed E-state index contributed by atoms with van der Waals surface area (Å²) < 4.78 is 5.11. The van der Waals surface area contributed by atoms with Crippen molar-refractivity contribution in [1.82, 2.24) is 0 Å². The van der Waals surface area contributed by atoms with Gasteiger partial charge in [0.05, 0.1) is 20.6 Å². The van der Waals surface area contributed by atoms with Crippen LogP contribution in [0, 0.1) is 0 Å². The van der Waals surface area contributed by atoms with Gasteiger partial charge in [-0.1, -0.05) is 35.3 Å². The van der Waals surface area contributed by atoms with Crippen LogP contribution in [0.3, 0.4) is 0 Å². The van der Waals surface area contributed by atoms with Crippen LogP contribution < -0.4 is 9.64 Å². The number of anilines is 1. The molecule has 27 heavy (non-hydrogen) atoms. The first-order valence-electron chi connectivity index (χ1n) is 7.53. The lowest BCUT2D eigenvalue weighted by molar-refractivity contribution is -0.139. The molecule has 138 valence electrons. The zero-order chi connectivity index (χ0) is 19.6. The van der Waals surface area contributed by atoms with Crippen molar-refractivity contribution in [2.75, 3.05) is 11.5 Å². The van der Waals surface area contributed by atoms with Gasteiger partial charge >= 0.3 is 5.97 Å². The number of thioether (sulfide) groups is 1. The van der Waals surface area contributed by atoms with E-state index in [9.17, 15) is 14.4 Å². The number of halogens is 2. The molecule has 0 atom stereocenters. The zero-order valence-corrected chi connectivity index (χ0v) is 15.8. The Hall–Kier alpha value is -2.48. The SMILES string of the molecule is O=C(O)COc1cccc(/C=C2/SC(=O)N(c3ccc(Cl)c(Cl)c3)C2=O)c1. The van der Waals surface area contributed by atoms with Gasteiger partial charge in [0.15, 0.2) is 6.61 Å².